The maximum atomic E-state index is 12.8. The molecule has 0 aliphatic carbocycles. The quantitative estimate of drug-likeness (QED) is 0.647. The lowest BCUT2D eigenvalue weighted by atomic mass is 10.0. The first-order valence-corrected chi connectivity index (χ1v) is 12.0. The van der Waals surface area contributed by atoms with E-state index in [1.54, 1.807) is 6.20 Å². The molecule has 30 heavy (non-hydrogen) atoms. The largest absolute Gasteiger partial charge is 0.298 e. The number of benzene rings is 1. The van der Waals surface area contributed by atoms with Crippen molar-refractivity contribution in [3.63, 3.8) is 0 Å². The number of thiazole rings is 1. The monoisotopic (exact) mass is 442 g/mol. The third kappa shape index (κ3) is 4.43. The second-order valence-electron chi connectivity index (χ2n) is 7.32. The van der Waals surface area contributed by atoms with Crippen molar-refractivity contribution in [1.29, 1.82) is 0 Å². The van der Waals surface area contributed by atoms with Gasteiger partial charge in [0.25, 0.3) is 5.91 Å². The van der Waals surface area contributed by atoms with Crippen LogP contribution >= 0.6 is 11.3 Å². The molecule has 1 aliphatic rings. The molecule has 4 rings (SSSR count). The maximum absolute atomic E-state index is 12.8. The van der Waals surface area contributed by atoms with Crippen LogP contribution in [0.4, 0.5) is 5.13 Å². The summed E-state index contributed by atoms with van der Waals surface area (Å²) in [7, 11) is -3.53. The number of carbonyl (C=O) groups excluding carboxylic acids is 1. The number of aromatic nitrogens is 2. The van der Waals surface area contributed by atoms with Crippen molar-refractivity contribution >= 4 is 32.4 Å². The Bertz CT molecular complexity index is 1120. The molecule has 0 atom stereocenters. The number of nitrogens with zero attached hydrogens (tertiary/aromatic N) is 3. The molecule has 1 amide bonds. The van der Waals surface area contributed by atoms with Crippen LogP contribution in [-0.4, -0.2) is 41.7 Å². The first kappa shape index (κ1) is 20.6. The van der Waals surface area contributed by atoms with Gasteiger partial charge in [0.05, 0.1) is 10.6 Å². The van der Waals surface area contributed by atoms with Crippen molar-refractivity contribution in [2.24, 2.45) is 5.92 Å². The van der Waals surface area contributed by atoms with Crippen LogP contribution in [-0.2, 0) is 10.0 Å². The molecule has 1 saturated heterocycles. The van der Waals surface area contributed by atoms with E-state index in [1.807, 2.05) is 23.6 Å². The number of sulfonamides is 1. The summed E-state index contributed by atoms with van der Waals surface area (Å²) in [6, 6.07) is 11.6. The van der Waals surface area contributed by atoms with Crippen LogP contribution < -0.4 is 5.32 Å². The normalized spacial score (nSPS) is 15.8. The Kier molecular flexibility index (Phi) is 5.94. The van der Waals surface area contributed by atoms with Crippen molar-refractivity contribution in [3.05, 3.63) is 59.6 Å². The van der Waals surface area contributed by atoms with Crippen LogP contribution in [0.1, 0.15) is 30.1 Å². The van der Waals surface area contributed by atoms with Gasteiger partial charge in [-0.15, -0.1) is 11.3 Å². The van der Waals surface area contributed by atoms with Crippen molar-refractivity contribution in [2.45, 2.75) is 24.7 Å². The third-order valence-corrected chi connectivity index (χ3v) is 7.82. The topological polar surface area (TPSA) is 92.3 Å². The molecule has 3 aromatic rings. The number of hydrogen-bond donors (Lipinski definition) is 1. The summed E-state index contributed by atoms with van der Waals surface area (Å²) in [5.41, 5.74) is 1.79. The molecule has 156 valence electrons. The zero-order chi connectivity index (χ0) is 21.1. The zero-order valence-electron chi connectivity index (χ0n) is 16.5. The summed E-state index contributed by atoms with van der Waals surface area (Å²) in [6.45, 7) is 3.21. The summed E-state index contributed by atoms with van der Waals surface area (Å²) >= 11 is 1.31. The number of anilines is 1. The number of rotatable bonds is 5. The fraction of sp³-hybridized carbons (Fsp3) is 0.286. The molecule has 1 fully saturated rings. The molecule has 0 unspecified atom stereocenters. The van der Waals surface area contributed by atoms with Gasteiger partial charge in [0.1, 0.15) is 5.69 Å². The predicted octanol–water partition coefficient (Wildman–Crippen LogP) is 3.88. The minimum absolute atomic E-state index is 0.209. The molecular weight excluding hydrogens is 420 g/mol. The van der Waals surface area contributed by atoms with E-state index < -0.39 is 10.0 Å². The average molecular weight is 443 g/mol. The highest BCUT2D eigenvalue weighted by Crippen LogP contribution is 2.25. The Morgan fingerprint density at radius 3 is 2.50 bits per heavy atom. The second-order valence-corrected chi connectivity index (χ2v) is 10.1. The van der Waals surface area contributed by atoms with Crippen molar-refractivity contribution < 1.29 is 13.2 Å². The van der Waals surface area contributed by atoms with E-state index in [4.69, 9.17) is 0 Å². The Morgan fingerprint density at radius 1 is 1.10 bits per heavy atom. The number of piperidine rings is 1. The fourth-order valence-electron chi connectivity index (χ4n) is 3.28. The Hall–Kier alpha value is -2.62. The molecule has 3 heterocycles. The van der Waals surface area contributed by atoms with E-state index in [2.05, 4.69) is 22.2 Å². The summed E-state index contributed by atoms with van der Waals surface area (Å²) in [4.78, 5) is 21.4. The smallest absolute Gasteiger partial charge is 0.257 e. The SMILES string of the molecule is CC1CCN(S(=O)(=O)c2ccc(C(=O)Nc3nc(-c4ccccn4)cs3)cc2)CC1. The van der Waals surface area contributed by atoms with E-state index in [9.17, 15) is 13.2 Å². The zero-order valence-corrected chi connectivity index (χ0v) is 18.1. The van der Waals surface area contributed by atoms with Crippen LogP contribution in [0, 0.1) is 5.92 Å². The summed E-state index contributed by atoms with van der Waals surface area (Å²) in [5, 5.41) is 5.04. The molecule has 1 aliphatic heterocycles. The van der Waals surface area contributed by atoms with Gasteiger partial charge in [0.15, 0.2) is 5.13 Å². The van der Waals surface area contributed by atoms with Crippen molar-refractivity contribution in [2.75, 3.05) is 18.4 Å². The van der Waals surface area contributed by atoms with Crippen LogP contribution in [0.15, 0.2) is 58.9 Å². The predicted molar refractivity (Wildman–Crippen MR) is 117 cm³/mol. The molecule has 0 spiro atoms. The minimum atomic E-state index is -3.53. The first-order chi connectivity index (χ1) is 14.4. The van der Waals surface area contributed by atoms with Gasteiger partial charge in [-0.25, -0.2) is 13.4 Å². The lowest BCUT2D eigenvalue weighted by Crippen LogP contribution is -2.37. The van der Waals surface area contributed by atoms with Crippen molar-refractivity contribution in [3.8, 4) is 11.4 Å². The molecule has 1 aromatic carbocycles. The fourth-order valence-corrected chi connectivity index (χ4v) is 5.45. The highest BCUT2D eigenvalue weighted by Gasteiger charge is 2.28. The van der Waals surface area contributed by atoms with Gasteiger partial charge in [-0.3, -0.25) is 15.1 Å². The number of pyridine rings is 1. The summed E-state index contributed by atoms with van der Waals surface area (Å²) in [5.74, 6) is 0.208. The van der Waals surface area contributed by atoms with Gasteiger partial charge in [-0.05, 0) is 55.2 Å². The summed E-state index contributed by atoms with van der Waals surface area (Å²) in [6.07, 6.45) is 3.43. The lowest BCUT2D eigenvalue weighted by molar-refractivity contribution is 0.102. The molecule has 0 radical (unpaired) electrons. The van der Waals surface area contributed by atoms with Crippen LogP contribution in [0.3, 0.4) is 0 Å². The van der Waals surface area contributed by atoms with E-state index in [0.717, 1.165) is 18.5 Å². The summed E-state index contributed by atoms with van der Waals surface area (Å²) < 4.78 is 27.2. The molecule has 1 N–H and O–H groups in total. The van der Waals surface area contributed by atoms with E-state index in [-0.39, 0.29) is 10.8 Å². The Labute approximate surface area is 179 Å². The highest BCUT2D eigenvalue weighted by atomic mass is 32.2. The van der Waals surface area contributed by atoms with Gasteiger partial charge in [0.2, 0.25) is 10.0 Å². The van der Waals surface area contributed by atoms with E-state index in [0.29, 0.717) is 35.4 Å². The number of nitrogens with one attached hydrogen (secondary N) is 1. The third-order valence-electron chi connectivity index (χ3n) is 5.15. The first-order valence-electron chi connectivity index (χ1n) is 9.72. The lowest BCUT2D eigenvalue weighted by Gasteiger charge is -2.29. The maximum Gasteiger partial charge on any atom is 0.257 e. The van der Waals surface area contributed by atoms with Gasteiger partial charge in [-0.1, -0.05) is 13.0 Å². The van der Waals surface area contributed by atoms with Gasteiger partial charge in [-0.2, -0.15) is 4.31 Å². The standard InChI is InChI=1S/C21H22N4O3S2/c1-15-9-12-25(13-10-15)30(27,28)17-7-5-16(6-8-17)20(26)24-21-23-19(14-29-21)18-4-2-3-11-22-18/h2-8,11,14-15H,9-10,12-13H2,1H3,(H,23,24,26). The number of hydrogen-bond acceptors (Lipinski definition) is 6. The van der Waals surface area contributed by atoms with Gasteiger partial charge < -0.3 is 0 Å². The molecular formula is C21H22N4O3S2. The van der Waals surface area contributed by atoms with E-state index in [1.165, 1.54) is 39.9 Å². The molecule has 0 saturated carbocycles. The molecule has 0 bridgehead atoms. The highest BCUT2D eigenvalue weighted by molar-refractivity contribution is 7.89. The van der Waals surface area contributed by atoms with Gasteiger partial charge >= 0.3 is 0 Å². The van der Waals surface area contributed by atoms with Crippen LogP contribution in [0.2, 0.25) is 0 Å². The van der Waals surface area contributed by atoms with E-state index >= 15 is 0 Å². The molecule has 9 heteroatoms. The Morgan fingerprint density at radius 2 is 1.83 bits per heavy atom. The van der Waals surface area contributed by atoms with Gasteiger partial charge in [0, 0.05) is 30.2 Å². The molecule has 2 aromatic heterocycles. The van der Waals surface area contributed by atoms with Crippen molar-refractivity contribution in [1.82, 2.24) is 14.3 Å². The molecule has 7 nitrogen and oxygen atoms in total. The second kappa shape index (κ2) is 8.63. The van der Waals surface area contributed by atoms with Crippen LogP contribution in [0.25, 0.3) is 11.4 Å². The minimum Gasteiger partial charge on any atom is -0.298 e. The number of amides is 1. The average Bonchev–Trinajstić information content (AvgIpc) is 3.23. The number of carbonyl (C=O) groups is 1. The van der Waals surface area contributed by atoms with Crippen LogP contribution in [0.5, 0.6) is 0 Å². The Balaban J connectivity index is 1.44.